The second-order valence-corrected chi connectivity index (χ2v) is 8.58. The second kappa shape index (κ2) is 5.57. The van der Waals surface area contributed by atoms with Crippen molar-refractivity contribution in [2.75, 3.05) is 0 Å². The number of benzene rings is 2. The van der Waals surface area contributed by atoms with Crippen LogP contribution in [0.4, 0.5) is 0 Å². The van der Waals surface area contributed by atoms with E-state index in [1.807, 2.05) is 0 Å². The maximum Gasteiger partial charge on any atom is -0.0123 e. The lowest BCUT2D eigenvalue weighted by atomic mass is 9.75. The first-order valence-electron chi connectivity index (χ1n) is 8.23. The molecular formula is C22H30. The first-order chi connectivity index (χ1) is 10.00. The fourth-order valence-corrected chi connectivity index (χ4v) is 3.18. The Hall–Kier alpha value is -1.56. The molecule has 0 fully saturated rings. The molecule has 2 aromatic carbocycles. The summed E-state index contributed by atoms with van der Waals surface area (Å²) >= 11 is 0. The van der Waals surface area contributed by atoms with E-state index in [1.165, 1.54) is 33.4 Å². The lowest BCUT2D eigenvalue weighted by Crippen LogP contribution is -2.18. The Kier molecular flexibility index (Phi) is 4.26. The van der Waals surface area contributed by atoms with Crippen LogP contribution in [-0.2, 0) is 10.8 Å². The Bertz CT molecular complexity index is 659. The maximum atomic E-state index is 2.40. The molecule has 0 N–H and O–H groups in total. The summed E-state index contributed by atoms with van der Waals surface area (Å²) in [6.07, 6.45) is 0. The quantitative estimate of drug-likeness (QED) is 0.558. The summed E-state index contributed by atoms with van der Waals surface area (Å²) in [6, 6.07) is 13.7. The minimum atomic E-state index is 0.140. The fourth-order valence-electron chi connectivity index (χ4n) is 3.18. The largest absolute Gasteiger partial charge is 0.0587 e. The van der Waals surface area contributed by atoms with Gasteiger partial charge in [-0.05, 0) is 52.5 Å². The molecule has 0 radical (unpaired) electrons. The zero-order valence-electron chi connectivity index (χ0n) is 15.5. The third kappa shape index (κ3) is 3.43. The molecule has 0 spiro atoms. The topological polar surface area (TPSA) is 0 Å². The zero-order valence-corrected chi connectivity index (χ0v) is 15.5. The van der Waals surface area contributed by atoms with Crippen LogP contribution in [0.5, 0.6) is 0 Å². The Morgan fingerprint density at radius 2 is 1.23 bits per heavy atom. The number of rotatable bonds is 1. The molecule has 0 amide bonds. The van der Waals surface area contributed by atoms with Gasteiger partial charge in [0, 0.05) is 0 Å². The van der Waals surface area contributed by atoms with E-state index in [0.29, 0.717) is 0 Å². The van der Waals surface area contributed by atoms with Gasteiger partial charge >= 0.3 is 0 Å². The highest BCUT2D eigenvalue weighted by Crippen LogP contribution is 2.38. The van der Waals surface area contributed by atoms with Gasteiger partial charge in [-0.15, -0.1) is 0 Å². The standard InChI is InChI=1S/C22H30/c1-15-9-11-17(12-10-15)19-14-18(21(3,4)5)13-16(2)20(19)22(6,7)8/h9-14H,1-8H3. The highest BCUT2D eigenvalue weighted by atomic mass is 14.3. The molecular weight excluding hydrogens is 264 g/mol. The SMILES string of the molecule is Cc1ccc(-c2cc(C(C)(C)C)cc(C)c2C(C)(C)C)cc1. The van der Waals surface area contributed by atoms with Gasteiger partial charge in [-0.25, -0.2) is 0 Å². The summed E-state index contributed by atoms with van der Waals surface area (Å²) in [4.78, 5) is 0. The molecule has 2 rings (SSSR count). The molecule has 0 aliphatic rings. The Labute approximate surface area is 136 Å². The van der Waals surface area contributed by atoms with Crippen molar-refractivity contribution in [3.63, 3.8) is 0 Å². The molecule has 0 saturated carbocycles. The first kappa shape index (κ1) is 16.8. The summed E-state index contributed by atoms with van der Waals surface area (Å²) in [5.74, 6) is 0. The van der Waals surface area contributed by atoms with Crippen LogP contribution in [0.15, 0.2) is 36.4 Å². The van der Waals surface area contributed by atoms with E-state index in [1.54, 1.807) is 0 Å². The van der Waals surface area contributed by atoms with Crippen molar-refractivity contribution in [2.24, 2.45) is 0 Å². The van der Waals surface area contributed by atoms with E-state index in [-0.39, 0.29) is 10.8 Å². The van der Waals surface area contributed by atoms with Gasteiger partial charge in [-0.2, -0.15) is 0 Å². The van der Waals surface area contributed by atoms with Gasteiger partial charge in [0.25, 0.3) is 0 Å². The molecule has 0 aliphatic heterocycles. The van der Waals surface area contributed by atoms with E-state index < -0.39 is 0 Å². The van der Waals surface area contributed by atoms with Crippen LogP contribution in [0.3, 0.4) is 0 Å². The molecule has 0 heteroatoms. The van der Waals surface area contributed by atoms with Gasteiger partial charge in [0.15, 0.2) is 0 Å². The Balaban J connectivity index is 2.77. The molecule has 22 heavy (non-hydrogen) atoms. The number of hydrogen-bond acceptors (Lipinski definition) is 0. The van der Waals surface area contributed by atoms with Crippen LogP contribution in [-0.4, -0.2) is 0 Å². The van der Waals surface area contributed by atoms with Crippen LogP contribution in [0.1, 0.15) is 63.8 Å². The van der Waals surface area contributed by atoms with Crippen molar-refractivity contribution in [3.8, 4) is 11.1 Å². The van der Waals surface area contributed by atoms with Gasteiger partial charge in [-0.3, -0.25) is 0 Å². The predicted octanol–water partition coefficient (Wildman–Crippen LogP) is 6.57. The van der Waals surface area contributed by atoms with Crippen molar-refractivity contribution in [1.29, 1.82) is 0 Å². The average molecular weight is 294 g/mol. The van der Waals surface area contributed by atoms with Gasteiger partial charge < -0.3 is 0 Å². The molecule has 0 aromatic heterocycles. The molecule has 0 unspecified atom stereocenters. The van der Waals surface area contributed by atoms with Crippen molar-refractivity contribution >= 4 is 0 Å². The van der Waals surface area contributed by atoms with Crippen molar-refractivity contribution in [3.05, 3.63) is 58.7 Å². The van der Waals surface area contributed by atoms with Crippen LogP contribution in [0.25, 0.3) is 11.1 Å². The van der Waals surface area contributed by atoms with Crippen molar-refractivity contribution in [1.82, 2.24) is 0 Å². The van der Waals surface area contributed by atoms with E-state index in [0.717, 1.165) is 0 Å². The van der Waals surface area contributed by atoms with Gasteiger partial charge in [0.05, 0.1) is 0 Å². The third-order valence-electron chi connectivity index (χ3n) is 4.31. The van der Waals surface area contributed by atoms with E-state index >= 15 is 0 Å². The molecule has 0 heterocycles. The molecule has 0 nitrogen and oxygen atoms in total. The minimum absolute atomic E-state index is 0.140. The highest BCUT2D eigenvalue weighted by molar-refractivity contribution is 5.72. The van der Waals surface area contributed by atoms with Crippen LogP contribution >= 0.6 is 0 Å². The zero-order chi connectivity index (χ0) is 16.7. The summed E-state index contributed by atoms with van der Waals surface area (Å²) in [5, 5.41) is 0. The van der Waals surface area contributed by atoms with Crippen LogP contribution < -0.4 is 0 Å². The Morgan fingerprint density at radius 1 is 0.682 bits per heavy atom. The van der Waals surface area contributed by atoms with Gasteiger partial charge in [0.2, 0.25) is 0 Å². The van der Waals surface area contributed by atoms with E-state index in [4.69, 9.17) is 0 Å². The number of aryl methyl sites for hydroxylation is 2. The average Bonchev–Trinajstić information content (AvgIpc) is 2.36. The smallest absolute Gasteiger partial charge is 0.0123 e. The van der Waals surface area contributed by atoms with Crippen LogP contribution in [0, 0.1) is 13.8 Å². The fraction of sp³-hybridized carbons (Fsp3) is 0.455. The highest BCUT2D eigenvalue weighted by Gasteiger charge is 2.24. The number of hydrogen-bond donors (Lipinski definition) is 0. The summed E-state index contributed by atoms with van der Waals surface area (Å²) < 4.78 is 0. The van der Waals surface area contributed by atoms with Gasteiger partial charge in [-0.1, -0.05) is 83.5 Å². The Morgan fingerprint density at radius 3 is 1.68 bits per heavy atom. The molecule has 2 aromatic rings. The lowest BCUT2D eigenvalue weighted by Gasteiger charge is -2.29. The van der Waals surface area contributed by atoms with E-state index in [9.17, 15) is 0 Å². The van der Waals surface area contributed by atoms with Gasteiger partial charge in [0.1, 0.15) is 0 Å². The van der Waals surface area contributed by atoms with Crippen molar-refractivity contribution < 1.29 is 0 Å². The summed E-state index contributed by atoms with van der Waals surface area (Å²) in [7, 11) is 0. The van der Waals surface area contributed by atoms with E-state index in [2.05, 4.69) is 91.8 Å². The molecule has 0 aliphatic carbocycles. The maximum absolute atomic E-state index is 2.40. The van der Waals surface area contributed by atoms with Crippen LogP contribution in [0.2, 0.25) is 0 Å². The lowest BCUT2D eigenvalue weighted by molar-refractivity contribution is 0.575. The monoisotopic (exact) mass is 294 g/mol. The second-order valence-electron chi connectivity index (χ2n) is 8.58. The normalized spacial score (nSPS) is 12.5. The summed E-state index contributed by atoms with van der Waals surface area (Å²) in [6.45, 7) is 18.2. The predicted molar refractivity (Wildman–Crippen MR) is 98.8 cm³/mol. The molecule has 0 atom stereocenters. The van der Waals surface area contributed by atoms with Crippen molar-refractivity contribution in [2.45, 2.75) is 66.2 Å². The molecule has 0 bridgehead atoms. The summed E-state index contributed by atoms with van der Waals surface area (Å²) in [5.41, 5.74) is 8.60. The third-order valence-corrected chi connectivity index (χ3v) is 4.31. The molecule has 0 saturated heterocycles. The molecule has 118 valence electrons. The first-order valence-corrected chi connectivity index (χ1v) is 8.23. The minimum Gasteiger partial charge on any atom is -0.0587 e.